The van der Waals surface area contributed by atoms with Crippen molar-refractivity contribution < 1.29 is 32.2 Å². The molecule has 0 aliphatic carbocycles. The molecule has 0 fully saturated rings. The van der Waals surface area contributed by atoms with Gasteiger partial charge in [-0.05, 0) is 38.1 Å². The molecule has 7 heteroatoms. The summed E-state index contributed by atoms with van der Waals surface area (Å²) in [5.74, 6) is -1.02. The van der Waals surface area contributed by atoms with Gasteiger partial charge in [-0.15, -0.1) is 13.2 Å². The first-order valence-corrected chi connectivity index (χ1v) is 5.92. The molecule has 0 spiro atoms. The van der Waals surface area contributed by atoms with Gasteiger partial charge in [-0.3, -0.25) is 0 Å². The van der Waals surface area contributed by atoms with E-state index < -0.39 is 18.1 Å². The van der Waals surface area contributed by atoms with Gasteiger partial charge in [0, 0.05) is 0 Å². The van der Waals surface area contributed by atoms with E-state index in [0.717, 1.165) is 12.1 Å². The lowest BCUT2D eigenvalue weighted by Crippen LogP contribution is -2.17. The molecule has 112 valence electrons. The van der Waals surface area contributed by atoms with Gasteiger partial charge < -0.3 is 14.2 Å². The zero-order chi connectivity index (χ0) is 15.2. The molecule has 0 N–H and O–H groups in total. The molecule has 0 heterocycles. The van der Waals surface area contributed by atoms with Gasteiger partial charge in [0.05, 0.1) is 18.3 Å². The lowest BCUT2D eigenvalue weighted by molar-refractivity contribution is -0.274. The van der Waals surface area contributed by atoms with E-state index in [2.05, 4.69) is 4.74 Å². The average molecular weight is 292 g/mol. The van der Waals surface area contributed by atoms with Gasteiger partial charge in [0.1, 0.15) is 12.4 Å². The van der Waals surface area contributed by atoms with Crippen LogP contribution in [0, 0.1) is 0 Å². The number of hydrogen-bond acceptors (Lipinski definition) is 4. The molecule has 1 rings (SSSR count). The summed E-state index contributed by atoms with van der Waals surface area (Å²) in [6.07, 6.45) is -4.72. The molecular formula is C13H15F3O4. The van der Waals surface area contributed by atoms with E-state index in [1.165, 1.54) is 12.1 Å². The lowest BCUT2D eigenvalue weighted by atomic mass is 10.2. The van der Waals surface area contributed by atoms with Crippen LogP contribution in [0.2, 0.25) is 0 Å². The zero-order valence-electron chi connectivity index (χ0n) is 11.1. The summed E-state index contributed by atoms with van der Waals surface area (Å²) in [5.41, 5.74) is 0.143. The van der Waals surface area contributed by atoms with Crippen molar-refractivity contribution >= 4 is 5.97 Å². The zero-order valence-corrected chi connectivity index (χ0v) is 11.1. The van der Waals surface area contributed by atoms with Crippen LogP contribution < -0.4 is 4.74 Å². The quantitative estimate of drug-likeness (QED) is 0.597. The maximum atomic E-state index is 11.9. The molecule has 0 aromatic heterocycles. The minimum Gasteiger partial charge on any atom is -0.460 e. The van der Waals surface area contributed by atoms with Crippen molar-refractivity contribution in [1.82, 2.24) is 0 Å². The highest BCUT2D eigenvalue weighted by atomic mass is 19.4. The van der Waals surface area contributed by atoms with Gasteiger partial charge >= 0.3 is 12.3 Å². The molecule has 4 nitrogen and oxygen atoms in total. The molecule has 0 unspecified atom stereocenters. The molecule has 0 aliphatic rings. The van der Waals surface area contributed by atoms with Crippen molar-refractivity contribution in [3.63, 3.8) is 0 Å². The van der Waals surface area contributed by atoms with Crippen molar-refractivity contribution in [2.45, 2.75) is 26.3 Å². The van der Waals surface area contributed by atoms with E-state index >= 15 is 0 Å². The molecule has 0 amide bonds. The van der Waals surface area contributed by atoms with Gasteiger partial charge in [0.25, 0.3) is 0 Å². The summed E-state index contributed by atoms with van der Waals surface area (Å²) in [7, 11) is 0. The first kappa shape index (κ1) is 16.3. The molecular weight excluding hydrogens is 277 g/mol. The number of carbonyl (C=O) groups is 1. The first-order chi connectivity index (χ1) is 9.28. The average Bonchev–Trinajstić information content (AvgIpc) is 2.33. The predicted octanol–water partition coefficient (Wildman–Crippen LogP) is 3.17. The minimum atomic E-state index is -4.75. The molecule has 0 bridgehead atoms. The Bertz CT molecular complexity index is 426. The highest BCUT2D eigenvalue weighted by Gasteiger charge is 2.31. The van der Waals surface area contributed by atoms with Crippen molar-refractivity contribution in [2.24, 2.45) is 0 Å². The van der Waals surface area contributed by atoms with Crippen LogP contribution in [0.1, 0.15) is 24.2 Å². The number of esters is 1. The molecule has 1 aromatic carbocycles. The summed E-state index contributed by atoms with van der Waals surface area (Å²) in [6.45, 7) is 4.04. The van der Waals surface area contributed by atoms with Gasteiger partial charge in [-0.2, -0.15) is 0 Å². The highest BCUT2D eigenvalue weighted by molar-refractivity contribution is 5.89. The van der Waals surface area contributed by atoms with E-state index in [0.29, 0.717) is 0 Å². The molecule has 0 saturated heterocycles. The second kappa shape index (κ2) is 7.14. The van der Waals surface area contributed by atoms with E-state index in [-0.39, 0.29) is 24.9 Å². The Morgan fingerprint density at radius 3 is 2.25 bits per heavy atom. The van der Waals surface area contributed by atoms with Gasteiger partial charge in [0.15, 0.2) is 0 Å². The Balaban J connectivity index is 2.45. The number of alkyl halides is 3. The second-order valence-corrected chi connectivity index (χ2v) is 4.13. The Hall–Kier alpha value is -1.76. The van der Waals surface area contributed by atoms with E-state index in [1.807, 2.05) is 13.8 Å². The maximum absolute atomic E-state index is 11.9. The monoisotopic (exact) mass is 292 g/mol. The predicted molar refractivity (Wildman–Crippen MR) is 64.5 cm³/mol. The Morgan fingerprint density at radius 2 is 1.75 bits per heavy atom. The molecule has 0 saturated carbocycles. The molecule has 20 heavy (non-hydrogen) atoms. The van der Waals surface area contributed by atoms with E-state index in [1.54, 1.807) is 0 Å². The fourth-order valence-corrected chi connectivity index (χ4v) is 1.29. The van der Waals surface area contributed by atoms with Crippen LogP contribution in [-0.4, -0.2) is 31.6 Å². The second-order valence-electron chi connectivity index (χ2n) is 4.13. The van der Waals surface area contributed by atoms with Crippen molar-refractivity contribution in [1.29, 1.82) is 0 Å². The highest BCUT2D eigenvalue weighted by Crippen LogP contribution is 2.22. The minimum absolute atomic E-state index is 0.0347. The number of carbonyl (C=O) groups excluding carboxylic acids is 1. The SMILES string of the molecule is CC(C)OCCOC(=O)c1ccc(OC(F)(F)F)cc1. The maximum Gasteiger partial charge on any atom is 0.573 e. The number of hydrogen-bond donors (Lipinski definition) is 0. The Morgan fingerprint density at radius 1 is 1.15 bits per heavy atom. The fourth-order valence-electron chi connectivity index (χ4n) is 1.29. The third-order valence-corrected chi connectivity index (χ3v) is 2.09. The Labute approximate surface area is 114 Å². The van der Waals surface area contributed by atoms with Gasteiger partial charge in [0.2, 0.25) is 0 Å². The summed E-state index contributed by atoms with van der Waals surface area (Å²) in [5, 5.41) is 0. The molecule has 0 atom stereocenters. The number of benzene rings is 1. The van der Waals surface area contributed by atoms with Gasteiger partial charge in [-0.25, -0.2) is 4.79 Å². The van der Waals surface area contributed by atoms with Crippen LogP contribution in [0.3, 0.4) is 0 Å². The largest absolute Gasteiger partial charge is 0.573 e. The van der Waals surface area contributed by atoms with Crippen LogP contribution in [0.4, 0.5) is 13.2 Å². The topological polar surface area (TPSA) is 44.8 Å². The van der Waals surface area contributed by atoms with Crippen LogP contribution in [0.25, 0.3) is 0 Å². The third-order valence-electron chi connectivity index (χ3n) is 2.09. The van der Waals surface area contributed by atoms with Crippen molar-refractivity contribution in [3.8, 4) is 5.75 Å². The molecule has 0 radical (unpaired) electrons. The summed E-state index contributed by atoms with van der Waals surface area (Å²) >= 11 is 0. The summed E-state index contributed by atoms with van der Waals surface area (Å²) in [4.78, 5) is 11.5. The van der Waals surface area contributed by atoms with E-state index in [9.17, 15) is 18.0 Å². The van der Waals surface area contributed by atoms with Crippen LogP contribution in [0.15, 0.2) is 24.3 Å². The summed E-state index contributed by atoms with van der Waals surface area (Å²) in [6, 6.07) is 4.50. The number of ether oxygens (including phenoxy) is 3. The summed E-state index contributed by atoms with van der Waals surface area (Å²) < 4.78 is 49.6. The number of rotatable bonds is 6. The van der Waals surface area contributed by atoms with Crippen molar-refractivity contribution in [2.75, 3.05) is 13.2 Å². The van der Waals surface area contributed by atoms with Crippen LogP contribution in [0.5, 0.6) is 5.75 Å². The lowest BCUT2D eigenvalue weighted by Gasteiger charge is -2.10. The molecule has 0 aliphatic heterocycles. The van der Waals surface area contributed by atoms with Crippen LogP contribution >= 0.6 is 0 Å². The smallest absolute Gasteiger partial charge is 0.460 e. The third kappa shape index (κ3) is 6.42. The van der Waals surface area contributed by atoms with E-state index in [4.69, 9.17) is 9.47 Å². The van der Waals surface area contributed by atoms with Crippen LogP contribution in [-0.2, 0) is 9.47 Å². The first-order valence-electron chi connectivity index (χ1n) is 5.92. The fraction of sp³-hybridized carbons (Fsp3) is 0.462. The molecule has 1 aromatic rings. The standard InChI is InChI=1S/C13H15F3O4/c1-9(2)18-7-8-19-12(17)10-3-5-11(6-4-10)20-13(14,15)16/h3-6,9H,7-8H2,1-2H3. The Kier molecular flexibility index (Phi) is 5.82. The normalized spacial score (nSPS) is 11.5. The van der Waals surface area contributed by atoms with Crippen molar-refractivity contribution in [3.05, 3.63) is 29.8 Å². The number of halogens is 3. The van der Waals surface area contributed by atoms with Gasteiger partial charge in [-0.1, -0.05) is 0 Å².